The Kier molecular flexibility index (Phi) is 4.73. The van der Waals surface area contributed by atoms with Gasteiger partial charge in [0, 0.05) is 11.3 Å². The molecule has 4 nitrogen and oxygen atoms in total. The lowest BCUT2D eigenvalue weighted by molar-refractivity contribution is 0.203. The largest absolute Gasteiger partial charge is 0.411 e. The molecule has 1 N–H and O–H groups in total. The summed E-state index contributed by atoms with van der Waals surface area (Å²) in [5.41, 5.74) is 2.66. The Hall–Kier alpha value is -2.18. The molecule has 0 radical (unpaired) electrons. The average molecular weight is 330 g/mol. The second-order valence-corrected chi connectivity index (χ2v) is 6.09. The molecule has 0 aliphatic heterocycles. The smallest absolute Gasteiger partial charge is 0.276 e. The number of aryl methyl sites for hydroxylation is 1. The first kappa shape index (κ1) is 15.7. The number of hydrogen-bond acceptors (Lipinski definition) is 5. The predicted molar refractivity (Wildman–Crippen MR) is 86.6 cm³/mol. The van der Waals surface area contributed by atoms with Gasteiger partial charge in [-0.2, -0.15) is 0 Å². The van der Waals surface area contributed by atoms with Gasteiger partial charge in [0.15, 0.2) is 0 Å². The lowest BCUT2D eigenvalue weighted by Gasteiger charge is -2.08. The van der Waals surface area contributed by atoms with Crippen molar-refractivity contribution in [2.75, 3.05) is 5.75 Å². The molecule has 0 amide bonds. The van der Waals surface area contributed by atoms with Gasteiger partial charge in [0.25, 0.3) is 5.22 Å². The number of aromatic nitrogens is 2. The summed E-state index contributed by atoms with van der Waals surface area (Å²) in [5.74, 6) is 0.471. The van der Waals surface area contributed by atoms with Crippen LogP contribution in [-0.4, -0.2) is 21.1 Å². The molecule has 0 saturated carbocycles. The fourth-order valence-corrected chi connectivity index (χ4v) is 2.74. The number of nitrogens with zero attached hydrogens (tertiary/aromatic N) is 2. The standard InChI is InChI=1S/C17H15FN2O2S/c1-11-2-4-13(5-3-11)16-19-20-17(22-16)23-10-15(21)12-6-8-14(18)9-7-12/h2-9,15,21H,10H2,1H3. The van der Waals surface area contributed by atoms with E-state index in [4.69, 9.17) is 4.42 Å². The maximum atomic E-state index is 12.9. The Morgan fingerprint density at radius 1 is 1.09 bits per heavy atom. The number of aliphatic hydroxyl groups is 1. The molecule has 118 valence electrons. The van der Waals surface area contributed by atoms with Crippen LogP contribution in [0.1, 0.15) is 17.2 Å². The second kappa shape index (κ2) is 6.93. The zero-order valence-corrected chi connectivity index (χ0v) is 13.3. The summed E-state index contributed by atoms with van der Waals surface area (Å²) in [5, 5.41) is 18.5. The molecule has 6 heteroatoms. The molecule has 3 rings (SSSR count). The highest BCUT2D eigenvalue weighted by molar-refractivity contribution is 7.99. The van der Waals surface area contributed by atoms with E-state index in [9.17, 15) is 9.50 Å². The molecule has 0 aliphatic carbocycles. The molecule has 1 atom stereocenters. The normalized spacial score (nSPS) is 12.3. The van der Waals surface area contributed by atoms with Gasteiger partial charge in [0.1, 0.15) is 5.82 Å². The molecule has 23 heavy (non-hydrogen) atoms. The van der Waals surface area contributed by atoms with Crippen LogP contribution in [0.15, 0.2) is 58.2 Å². The monoisotopic (exact) mass is 330 g/mol. The van der Waals surface area contributed by atoms with Gasteiger partial charge in [-0.25, -0.2) is 4.39 Å². The first-order valence-corrected chi connectivity index (χ1v) is 8.07. The zero-order chi connectivity index (χ0) is 16.2. The number of benzene rings is 2. The summed E-state index contributed by atoms with van der Waals surface area (Å²) in [6.07, 6.45) is -0.727. The fraction of sp³-hybridized carbons (Fsp3) is 0.176. The van der Waals surface area contributed by atoms with Gasteiger partial charge in [-0.15, -0.1) is 10.2 Å². The third-order valence-electron chi connectivity index (χ3n) is 3.32. The van der Waals surface area contributed by atoms with Gasteiger partial charge in [-0.05, 0) is 36.8 Å². The highest BCUT2D eigenvalue weighted by Crippen LogP contribution is 2.27. The van der Waals surface area contributed by atoms with Crippen molar-refractivity contribution in [2.24, 2.45) is 0 Å². The molecule has 1 heterocycles. The topological polar surface area (TPSA) is 59.2 Å². The zero-order valence-electron chi connectivity index (χ0n) is 12.4. The van der Waals surface area contributed by atoms with Crippen LogP contribution in [-0.2, 0) is 0 Å². The molecule has 0 saturated heterocycles. The number of halogens is 1. The minimum Gasteiger partial charge on any atom is -0.411 e. The average Bonchev–Trinajstić information content (AvgIpc) is 3.03. The summed E-state index contributed by atoms with van der Waals surface area (Å²) in [6, 6.07) is 13.6. The maximum Gasteiger partial charge on any atom is 0.276 e. The van der Waals surface area contributed by atoms with Crippen molar-refractivity contribution in [1.29, 1.82) is 0 Å². The lowest BCUT2D eigenvalue weighted by atomic mass is 10.1. The van der Waals surface area contributed by atoms with Crippen LogP contribution in [0.5, 0.6) is 0 Å². The number of hydrogen-bond donors (Lipinski definition) is 1. The third kappa shape index (κ3) is 3.97. The Morgan fingerprint density at radius 2 is 1.78 bits per heavy atom. The van der Waals surface area contributed by atoms with E-state index in [1.165, 1.54) is 23.9 Å². The van der Waals surface area contributed by atoms with E-state index >= 15 is 0 Å². The van der Waals surface area contributed by atoms with Crippen LogP contribution in [0, 0.1) is 12.7 Å². The van der Waals surface area contributed by atoms with Crippen LogP contribution in [0.3, 0.4) is 0 Å². The van der Waals surface area contributed by atoms with E-state index in [0.717, 1.165) is 11.1 Å². The van der Waals surface area contributed by atoms with Crippen LogP contribution in [0.25, 0.3) is 11.5 Å². The Bertz CT molecular complexity index is 772. The second-order valence-electron chi connectivity index (χ2n) is 5.12. The third-order valence-corrected chi connectivity index (χ3v) is 4.22. The van der Waals surface area contributed by atoms with E-state index in [-0.39, 0.29) is 5.82 Å². The van der Waals surface area contributed by atoms with Crippen molar-refractivity contribution in [3.05, 3.63) is 65.5 Å². The van der Waals surface area contributed by atoms with Gasteiger partial charge in [0.05, 0.1) is 6.10 Å². The molecule has 1 unspecified atom stereocenters. The minimum atomic E-state index is -0.727. The van der Waals surface area contributed by atoms with E-state index in [1.54, 1.807) is 12.1 Å². The van der Waals surface area contributed by atoms with E-state index in [2.05, 4.69) is 10.2 Å². The quantitative estimate of drug-likeness (QED) is 0.716. The Balaban J connectivity index is 1.63. The van der Waals surface area contributed by atoms with Crippen molar-refractivity contribution in [2.45, 2.75) is 18.3 Å². The maximum absolute atomic E-state index is 12.9. The highest BCUT2D eigenvalue weighted by atomic mass is 32.2. The number of rotatable bonds is 5. The van der Waals surface area contributed by atoms with Gasteiger partial charge >= 0.3 is 0 Å². The van der Waals surface area contributed by atoms with E-state index in [0.29, 0.717) is 22.4 Å². The van der Waals surface area contributed by atoms with E-state index < -0.39 is 6.10 Å². The summed E-state index contributed by atoms with van der Waals surface area (Å²) in [4.78, 5) is 0. The first-order chi connectivity index (χ1) is 11.1. The van der Waals surface area contributed by atoms with Crippen LogP contribution in [0.2, 0.25) is 0 Å². The van der Waals surface area contributed by atoms with Crippen LogP contribution in [0.4, 0.5) is 4.39 Å². The van der Waals surface area contributed by atoms with Crippen LogP contribution < -0.4 is 0 Å². The summed E-state index contributed by atoms with van der Waals surface area (Å²) < 4.78 is 18.5. The Morgan fingerprint density at radius 3 is 2.48 bits per heavy atom. The van der Waals surface area contributed by atoms with Gasteiger partial charge in [-0.1, -0.05) is 41.6 Å². The Labute approximate surface area is 137 Å². The SMILES string of the molecule is Cc1ccc(-c2nnc(SCC(O)c3ccc(F)cc3)o2)cc1. The molecule has 2 aromatic carbocycles. The van der Waals surface area contributed by atoms with Crippen molar-refractivity contribution in [3.8, 4) is 11.5 Å². The molecule has 1 aromatic heterocycles. The lowest BCUT2D eigenvalue weighted by Crippen LogP contribution is -2.00. The molecule has 3 aromatic rings. The number of aliphatic hydroxyl groups excluding tert-OH is 1. The van der Waals surface area contributed by atoms with E-state index in [1.807, 2.05) is 31.2 Å². The van der Waals surface area contributed by atoms with Crippen molar-refractivity contribution in [3.63, 3.8) is 0 Å². The van der Waals surface area contributed by atoms with Gasteiger partial charge < -0.3 is 9.52 Å². The van der Waals surface area contributed by atoms with Crippen molar-refractivity contribution < 1.29 is 13.9 Å². The minimum absolute atomic E-state index is 0.326. The fourth-order valence-electron chi connectivity index (χ4n) is 2.01. The molecular formula is C17H15FN2O2S. The molecular weight excluding hydrogens is 315 g/mol. The van der Waals surface area contributed by atoms with Crippen molar-refractivity contribution >= 4 is 11.8 Å². The summed E-state index contributed by atoms with van der Waals surface area (Å²) in [7, 11) is 0. The highest BCUT2D eigenvalue weighted by Gasteiger charge is 2.13. The van der Waals surface area contributed by atoms with Crippen LogP contribution >= 0.6 is 11.8 Å². The molecule has 0 bridgehead atoms. The van der Waals surface area contributed by atoms with Gasteiger partial charge in [0.2, 0.25) is 5.89 Å². The number of thioether (sulfide) groups is 1. The molecule has 0 aliphatic rings. The molecule has 0 fully saturated rings. The van der Waals surface area contributed by atoms with Gasteiger partial charge in [-0.3, -0.25) is 0 Å². The summed E-state index contributed by atoms with van der Waals surface area (Å²) >= 11 is 1.26. The first-order valence-electron chi connectivity index (χ1n) is 7.09. The summed E-state index contributed by atoms with van der Waals surface area (Å²) in [6.45, 7) is 2.01. The van der Waals surface area contributed by atoms with Crippen molar-refractivity contribution in [1.82, 2.24) is 10.2 Å². The molecule has 0 spiro atoms. The predicted octanol–water partition coefficient (Wildman–Crippen LogP) is 4.01.